The molecule has 22 heavy (non-hydrogen) atoms. The topological polar surface area (TPSA) is 49.4 Å². The molecule has 0 aromatic heterocycles. The number of amides is 2. The molecule has 0 fully saturated rings. The van der Waals surface area contributed by atoms with Gasteiger partial charge in [0.15, 0.2) is 0 Å². The molecule has 0 bridgehead atoms. The Morgan fingerprint density at radius 3 is 2.23 bits per heavy atom. The zero-order chi connectivity index (χ0) is 16.9. The molecule has 0 aliphatic carbocycles. The number of nitrogens with one attached hydrogen (secondary N) is 1. The molecule has 0 heterocycles. The molecule has 0 saturated carbocycles. The van der Waals surface area contributed by atoms with Gasteiger partial charge < -0.3 is 10.2 Å². The SMILES string of the molecule is CNC(=O)CN(C(=O)CC(C)(C)C)C(C)c1ccc(Cl)cc1. The third kappa shape index (κ3) is 5.68. The first-order valence-electron chi connectivity index (χ1n) is 7.39. The fourth-order valence-electron chi connectivity index (χ4n) is 2.15. The molecule has 1 aromatic rings. The maximum absolute atomic E-state index is 12.6. The summed E-state index contributed by atoms with van der Waals surface area (Å²) in [6, 6.07) is 7.16. The van der Waals surface area contributed by atoms with Crippen molar-refractivity contribution in [1.82, 2.24) is 10.2 Å². The Morgan fingerprint density at radius 1 is 1.23 bits per heavy atom. The van der Waals surface area contributed by atoms with E-state index in [-0.39, 0.29) is 29.8 Å². The lowest BCUT2D eigenvalue weighted by molar-refractivity contribution is -0.139. The van der Waals surface area contributed by atoms with Gasteiger partial charge in [0, 0.05) is 18.5 Å². The normalized spacial score (nSPS) is 12.6. The van der Waals surface area contributed by atoms with Gasteiger partial charge in [0.05, 0.1) is 6.04 Å². The fraction of sp³-hybridized carbons (Fsp3) is 0.529. The number of nitrogens with zero attached hydrogens (tertiary/aromatic N) is 1. The van der Waals surface area contributed by atoms with Crippen molar-refractivity contribution >= 4 is 23.4 Å². The first-order valence-corrected chi connectivity index (χ1v) is 7.77. The first kappa shape index (κ1) is 18.5. The summed E-state index contributed by atoms with van der Waals surface area (Å²) in [6.07, 6.45) is 0.391. The molecule has 1 unspecified atom stereocenters. The number of benzene rings is 1. The predicted octanol–water partition coefficient (Wildman–Crippen LogP) is 3.41. The molecule has 5 heteroatoms. The number of hydrogen-bond acceptors (Lipinski definition) is 2. The quantitative estimate of drug-likeness (QED) is 0.902. The Kier molecular flexibility index (Phi) is 6.42. The van der Waals surface area contributed by atoms with Crippen LogP contribution >= 0.6 is 11.6 Å². The van der Waals surface area contributed by atoms with Crippen LogP contribution in [0.1, 0.15) is 45.7 Å². The van der Waals surface area contributed by atoms with Gasteiger partial charge in [-0.3, -0.25) is 9.59 Å². The lowest BCUT2D eigenvalue weighted by atomic mass is 9.91. The monoisotopic (exact) mass is 324 g/mol. The first-order chi connectivity index (χ1) is 10.1. The molecule has 122 valence electrons. The highest BCUT2D eigenvalue weighted by Gasteiger charge is 2.27. The Hall–Kier alpha value is -1.55. The van der Waals surface area contributed by atoms with E-state index < -0.39 is 0 Å². The maximum atomic E-state index is 12.6. The van der Waals surface area contributed by atoms with Crippen LogP contribution in [-0.4, -0.2) is 30.3 Å². The largest absolute Gasteiger partial charge is 0.358 e. The second kappa shape index (κ2) is 7.63. The average molecular weight is 325 g/mol. The zero-order valence-corrected chi connectivity index (χ0v) is 14.7. The number of likely N-dealkylation sites (N-methyl/N-ethyl adjacent to an activating group) is 1. The van der Waals surface area contributed by atoms with Crippen molar-refractivity contribution in [2.24, 2.45) is 5.41 Å². The van der Waals surface area contributed by atoms with Crippen LogP contribution in [0.5, 0.6) is 0 Å². The Balaban J connectivity index is 3.00. The third-order valence-electron chi connectivity index (χ3n) is 3.41. The molecule has 1 rings (SSSR count). The standard InChI is InChI=1S/C17H25ClN2O2/c1-12(13-6-8-14(18)9-7-13)20(11-15(21)19-5)16(22)10-17(2,3)4/h6-9,12H,10-11H2,1-5H3,(H,19,21). The van der Waals surface area contributed by atoms with Crippen LogP contribution in [0.3, 0.4) is 0 Å². The summed E-state index contributed by atoms with van der Waals surface area (Å²) in [4.78, 5) is 26.0. The number of carbonyl (C=O) groups is 2. The van der Waals surface area contributed by atoms with Gasteiger partial charge in [-0.2, -0.15) is 0 Å². The molecule has 0 spiro atoms. The second-order valence-corrected chi connectivity index (χ2v) is 7.10. The average Bonchev–Trinajstić information content (AvgIpc) is 2.42. The van der Waals surface area contributed by atoms with Crippen LogP contribution < -0.4 is 5.32 Å². The number of carbonyl (C=O) groups excluding carboxylic acids is 2. The lowest BCUT2D eigenvalue weighted by Gasteiger charge is -2.31. The van der Waals surface area contributed by atoms with Crippen molar-refractivity contribution in [2.75, 3.05) is 13.6 Å². The van der Waals surface area contributed by atoms with Crippen molar-refractivity contribution < 1.29 is 9.59 Å². The van der Waals surface area contributed by atoms with E-state index in [0.29, 0.717) is 11.4 Å². The molecule has 1 aromatic carbocycles. The van der Waals surface area contributed by atoms with Crippen molar-refractivity contribution in [1.29, 1.82) is 0 Å². The zero-order valence-electron chi connectivity index (χ0n) is 13.9. The van der Waals surface area contributed by atoms with E-state index in [9.17, 15) is 9.59 Å². The predicted molar refractivity (Wildman–Crippen MR) is 89.7 cm³/mol. The number of rotatable bonds is 5. The third-order valence-corrected chi connectivity index (χ3v) is 3.67. The molecule has 0 saturated heterocycles. The summed E-state index contributed by atoms with van der Waals surface area (Å²) in [6.45, 7) is 8.00. The van der Waals surface area contributed by atoms with Crippen LogP contribution in [0.15, 0.2) is 24.3 Å². The van der Waals surface area contributed by atoms with Gasteiger partial charge in [-0.1, -0.05) is 44.5 Å². The van der Waals surface area contributed by atoms with Gasteiger partial charge >= 0.3 is 0 Å². The highest BCUT2D eigenvalue weighted by molar-refractivity contribution is 6.30. The summed E-state index contributed by atoms with van der Waals surface area (Å²) < 4.78 is 0. The highest BCUT2D eigenvalue weighted by Crippen LogP contribution is 2.26. The van der Waals surface area contributed by atoms with E-state index in [1.807, 2.05) is 39.8 Å². The minimum Gasteiger partial charge on any atom is -0.358 e. The molecular formula is C17H25ClN2O2. The van der Waals surface area contributed by atoms with E-state index in [0.717, 1.165) is 5.56 Å². The number of halogens is 1. The van der Waals surface area contributed by atoms with Crippen molar-refractivity contribution in [3.05, 3.63) is 34.9 Å². The van der Waals surface area contributed by atoms with Crippen LogP contribution in [0.4, 0.5) is 0 Å². The Labute approximate surface area is 137 Å². The summed E-state index contributed by atoms with van der Waals surface area (Å²) in [5.41, 5.74) is 0.827. The van der Waals surface area contributed by atoms with Crippen molar-refractivity contribution in [3.63, 3.8) is 0 Å². The molecule has 0 aliphatic heterocycles. The Bertz CT molecular complexity index is 520. The summed E-state index contributed by atoms with van der Waals surface area (Å²) in [5, 5.41) is 3.22. The summed E-state index contributed by atoms with van der Waals surface area (Å²) in [7, 11) is 1.57. The maximum Gasteiger partial charge on any atom is 0.239 e. The molecular weight excluding hydrogens is 300 g/mol. The molecule has 4 nitrogen and oxygen atoms in total. The minimum atomic E-state index is -0.190. The smallest absolute Gasteiger partial charge is 0.239 e. The van der Waals surface area contributed by atoms with Gasteiger partial charge in [-0.05, 0) is 30.0 Å². The van der Waals surface area contributed by atoms with E-state index in [1.165, 1.54) is 0 Å². The van der Waals surface area contributed by atoms with Crippen molar-refractivity contribution in [3.8, 4) is 0 Å². The second-order valence-electron chi connectivity index (χ2n) is 6.66. The number of hydrogen-bond donors (Lipinski definition) is 1. The fourth-order valence-corrected chi connectivity index (χ4v) is 2.28. The summed E-state index contributed by atoms with van der Waals surface area (Å²) >= 11 is 5.91. The van der Waals surface area contributed by atoms with Gasteiger partial charge in [-0.15, -0.1) is 0 Å². The van der Waals surface area contributed by atoms with E-state index in [4.69, 9.17) is 11.6 Å². The molecule has 1 atom stereocenters. The van der Waals surface area contributed by atoms with Crippen LogP contribution in [0, 0.1) is 5.41 Å². The van der Waals surface area contributed by atoms with Gasteiger partial charge in [0.2, 0.25) is 11.8 Å². The molecule has 0 radical (unpaired) electrons. The Morgan fingerprint density at radius 2 is 1.77 bits per heavy atom. The van der Waals surface area contributed by atoms with Crippen LogP contribution in [-0.2, 0) is 9.59 Å². The van der Waals surface area contributed by atoms with Crippen molar-refractivity contribution in [2.45, 2.75) is 40.2 Å². The molecule has 2 amide bonds. The minimum absolute atomic E-state index is 0.0291. The summed E-state index contributed by atoms with van der Waals surface area (Å²) in [5.74, 6) is -0.207. The van der Waals surface area contributed by atoms with Crippen LogP contribution in [0.25, 0.3) is 0 Å². The lowest BCUT2D eigenvalue weighted by Crippen LogP contribution is -2.42. The van der Waals surface area contributed by atoms with Gasteiger partial charge in [0.25, 0.3) is 0 Å². The molecule has 0 aliphatic rings. The highest BCUT2D eigenvalue weighted by atomic mass is 35.5. The van der Waals surface area contributed by atoms with E-state index in [1.54, 1.807) is 24.1 Å². The van der Waals surface area contributed by atoms with Gasteiger partial charge in [-0.25, -0.2) is 0 Å². The van der Waals surface area contributed by atoms with E-state index in [2.05, 4.69) is 5.32 Å². The molecule has 1 N–H and O–H groups in total. The van der Waals surface area contributed by atoms with Crippen LogP contribution in [0.2, 0.25) is 5.02 Å². The van der Waals surface area contributed by atoms with Gasteiger partial charge in [0.1, 0.15) is 6.54 Å². The van der Waals surface area contributed by atoms with E-state index >= 15 is 0 Å².